The van der Waals surface area contributed by atoms with Crippen LogP contribution in [0.1, 0.15) is 36.0 Å². The Kier molecular flexibility index (Phi) is 7.94. The molecule has 0 bridgehead atoms. The minimum atomic E-state index is -4.65. The molecular formula is C29H26F4N2O4. The van der Waals surface area contributed by atoms with Crippen molar-refractivity contribution in [2.75, 3.05) is 5.32 Å². The van der Waals surface area contributed by atoms with Gasteiger partial charge in [-0.15, -0.1) is 0 Å². The number of hydrogen-bond acceptors (Lipinski definition) is 3. The van der Waals surface area contributed by atoms with E-state index >= 15 is 0 Å². The van der Waals surface area contributed by atoms with Crippen molar-refractivity contribution in [2.24, 2.45) is 5.92 Å². The van der Waals surface area contributed by atoms with Gasteiger partial charge in [0.1, 0.15) is 5.82 Å². The fourth-order valence-electron chi connectivity index (χ4n) is 4.51. The summed E-state index contributed by atoms with van der Waals surface area (Å²) in [4.78, 5) is 24.0. The van der Waals surface area contributed by atoms with Crippen LogP contribution >= 0.6 is 0 Å². The molecule has 0 saturated heterocycles. The molecule has 4 aromatic rings. The van der Waals surface area contributed by atoms with Gasteiger partial charge in [0.05, 0.1) is 18.4 Å². The van der Waals surface area contributed by atoms with Gasteiger partial charge in [0, 0.05) is 29.1 Å². The number of halogens is 4. The molecule has 0 aliphatic heterocycles. The zero-order valence-electron chi connectivity index (χ0n) is 20.9. The maximum Gasteiger partial charge on any atom is 0.392 e. The molecule has 2 atom stereocenters. The third kappa shape index (κ3) is 6.39. The molecule has 10 heteroatoms. The molecule has 0 spiro atoms. The molecule has 39 heavy (non-hydrogen) atoms. The number of carbonyl (C=O) groups is 2. The molecule has 0 aliphatic carbocycles. The van der Waals surface area contributed by atoms with Crippen molar-refractivity contribution in [3.8, 4) is 5.88 Å². The Hall–Kier alpha value is -4.34. The van der Waals surface area contributed by atoms with Gasteiger partial charge < -0.3 is 20.1 Å². The molecular weight excluding hydrogens is 516 g/mol. The van der Waals surface area contributed by atoms with Crippen molar-refractivity contribution in [1.29, 1.82) is 0 Å². The average Bonchev–Trinajstić information content (AvgIpc) is 3.20. The average molecular weight is 543 g/mol. The second-order valence-electron chi connectivity index (χ2n) is 9.41. The zero-order chi connectivity index (χ0) is 28.3. The number of carbonyl (C=O) groups excluding carboxylic acids is 1. The van der Waals surface area contributed by atoms with E-state index in [9.17, 15) is 32.3 Å². The van der Waals surface area contributed by atoms with Crippen LogP contribution in [0.4, 0.5) is 23.2 Å². The largest absolute Gasteiger partial charge is 0.494 e. The Morgan fingerprint density at radius 3 is 2.31 bits per heavy atom. The van der Waals surface area contributed by atoms with Crippen molar-refractivity contribution in [3.63, 3.8) is 0 Å². The summed E-state index contributed by atoms with van der Waals surface area (Å²) in [5.41, 5.74) is 1.66. The number of nitrogens with zero attached hydrogens (tertiary/aromatic N) is 1. The van der Waals surface area contributed by atoms with Crippen LogP contribution in [-0.2, 0) is 22.6 Å². The van der Waals surface area contributed by atoms with Gasteiger partial charge in [-0.2, -0.15) is 13.2 Å². The molecule has 4 rings (SSSR count). The molecule has 1 aromatic heterocycles. The van der Waals surface area contributed by atoms with Crippen molar-refractivity contribution in [3.05, 3.63) is 95.4 Å². The Bertz CT molecular complexity index is 1500. The normalized spacial score (nSPS) is 13.3. The first kappa shape index (κ1) is 27.7. The third-order valence-electron chi connectivity index (χ3n) is 6.66. The topological polar surface area (TPSA) is 91.6 Å². The van der Waals surface area contributed by atoms with E-state index in [1.54, 1.807) is 30.3 Å². The van der Waals surface area contributed by atoms with E-state index in [4.69, 9.17) is 5.11 Å². The number of benzene rings is 3. The Balaban J connectivity index is 1.57. The third-order valence-corrected chi connectivity index (χ3v) is 6.66. The van der Waals surface area contributed by atoms with Crippen LogP contribution in [0.25, 0.3) is 10.8 Å². The molecule has 0 aliphatic rings. The maximum atomic E-state index is 14.1. The number of hydrogen-bond donors (Lipinski definition) is 3. The predicted octanol–water partition coefficient (Wildman–Crippen LogP) is 6.47. The maximum absolute atomic E-state index is 14.1. The SMILES string of the molecule is C[C@H]([C@H](C(=O)Nc1cccc(CCC(=O)O)c1)c1ccc(Cn2cc3c(F)cccc3c2O)cc1)C(F)(F)F. The summed E-state index contributed by atoms with van der Waals surface area (Å²) in [6.45, 7) is 1.08. The van der Waals surface area contributed by atoms with Crippen molar-refractivity contribution >= 4 is 28.3 Å². The van der Waals surface area contributed by atoms with Gasteiger partial charge in [0.2, 0.25) is 5.91 Å². The Morgan fingerprint density at radius 1 is 0.974 bits per heavy atom. The van der Waals surface area contributed by atoms with Crippen molar-refractivity contribution in [2.45, 2.75) is 38.4 Å². The van der Waals surface area contributed by atoms with Crippen LogP contribution < -0.4 is 5.32 Å². The monoisotopic (exact) mass is 542 g/mol. The summed E-state index contributed by atoms with van der Waals surface area (Å²) in [6, 6.07) is 16.7. The number of carboxylic acids is 1. The number of anilines is 1. The number of nitrogens with one attached hydrogen (secondary N) is 1. The lowest BCUT2D eigenvalue weighted by Crippen LogP contribution is -2.34. The van der Waals surface area contributed by atoms with Crippen molar-refractivity contribution in [1.82, 2.24) is 4.57 Å². The first-order valence-electron chi connectivity index (χ1n) is 12.2. The van der Waals surface area contributed by atoms with Gasteiger partial charge in [-0.1, -0.05) is 49.4 Å². The van der Waals surface area contributed by atoms with Gasteiger partial charge in [-0.05, 0) is 47.4 Å². The van der Waals surface area contributed by atoms with Crippen LogP contribution in [-0.4, -0.2) is 32.8 Å². The number of fused-ring (bicyclic) bond motifs is 1. The molecule has 3 aromatic carbocycles. The molecule has 0 fully saturated rings. The number of amides is 1. The van der Waals surface area contributed by atoms with Gasteiger partial charge >= 0.3 is 12.1 Å². The van der Waals surface area contributed by atoms with E-state index < -0.39 is 35.7 Å². The lowest BCUT2D eigenvalue weighted by Gasteiger charge is -2.26. The lowest BCUT2D eigenvalue weighted by atomic mass is 9.85. The Morgan fingerprint density at radius 2 is 1.67 bits per heavy atom. The summed E-state index contributed by atoms with van der Waals surface area (Å²) in [5, 5.41) is 22.5. The summed E-state index contributed by atoms with van der Waals surface area (Å²) in [5.74, 6) is -6.02. The Labute approximate surface area is 221 Å². The van der Waals surface area contributed by atoms with Crippen LogP contribution in [0.15, 0.2) is 72.9 Å². The number of aryl methyl sites for hydroxylation is 1. The highest BCUT2D eigenvalue weighted by Crippen LogP contribution is 2.38. The molecule has 0 unspecified atom stereocenters. The van der Waals surface area contributed by atoms with E-state index in [0.717, 1.165) is 6.92 Å². The lowest BCUT2D eigenvalue weighted by molar-refractivity contribution is -0.178. The second-order valence-corrected chi connectivity index (χ2v) is 9.41. The highest BCUT2D eigenvalue weighted by atomic mass is 19.4. The fraction of sp³-hybridized carbons (Fsp3) is 0.241. The molecule has 0 radical (unpaired) electrons. The molecule has 204 valence electrons. The second kappa shape index (κ2) is 11.2. The van der Waals surface area contributed by atoms with E-state index in [1.165, 1.54) is 47.2 Å². The minimum Gasteiger partial charge on any atom is -0.494 e. The van der Waals surface area contributed by atoms with Gasteiger partial charge in [0.15, 0.2) is 5.88 Å². The molecule has 0 saturated carbocycles. The van der Waals surface area contributed by atoms with E-state index in [2.05, 4.69) is 5.32 Å². The number of carboxylic acid groups (broad SMARTS) is 1. The van der Waals surface area contributed by atoms with Gasteiger partial charge in [-0.25, -0.2) is 4.39 Å². The fourth-order valence-corrected chi connectivity index (χ4v) is 4.51. The minimum absolute atomic E-state index is 0.122. The first-order valence-corrected chi connectivity index (χ1v) is 12.2. The first-order chi connectivity index (χ1) is 18.4. The van der Waals surface area contributed by atoms with Gasteiger partial charge in [0.25, 0.3) is 0 Å². The highest BCUT2D eigenvalue weighted by Gasteiger charge is 2.45. The van der Waals surface area contributed by atoms with Gasteiger partial charge in [-0.3, -0.25) is 9.59 Å². The molecule has 3 N–H and O–H groups in total. The molecule has 1 heterocycles. The predicted molar refractivity (Wildman–Crippen MR) is 138 cm³/mol. The summed E-state index contributed by atoms with van der Waals surface area (Å²) < 4.78 is 56.8. The number of aromatic hydroxyl groups is 1. The number of aromatic nitrogens is 1. The van der Waals surface area contributed by atoms with E-state index in [1.807, 2.05) is 0 Å². The van der Waals surface area contributed by atoms with Crippen LogP contribution in [0.3, 0.4) is 0 Å². The van der Waals surface area contributed by atoms with Crippen LogP contribution in [0.2, 0.25) is 0 Å². The zero-order valence-corrected chi connectivity index (χ0v) is 20.9. The van der Waals surface area contributed by atoms with E-state index in [-0.39, 0.29) is 41.9 Å². The van der Waals surface area contributed by atoms with Crippen LogP contribution in [0.5, 0.6) is 5.88 Å². The molecule has 1 amide bonds. The van der Waals surface area contributed by atoms with Crippen molar-refractivity contribution < 1.29 is 37.4 Å². The van der Waals surface area contributed by atoms with Crippen LogP contribution in [0, 0.1) is 11.7 Å². The summed E-state index contributed by atoms with van der Waals surface area (Å²) in [7, 11) is 0. The standard InChI is InChI=1S/C29H26F4N2O4/c1-17(29(31,32)33)26(27(38)34-21-5-2-4-18(14-21)10-13-25(36)37)20-11-8-19(9-12-20)15-35-16-23-22(28(35)39)6-3-7-24(23)30/h2-9,11-12,14,16-17,26,39H,10,13,15H2,1H3,(H,34,38)(H,36,37)/t17-,26+/m1/s1. The number of alkyl halides is 3. The van der Waals surface area contributed by atoms with E-state index in [0.29, 0.717) is 16.5 Å². The summed E-state index contributed by atoms with van der Waals surface area (Å²) in [6.07, 6.45) is -3.10. The quantitative estimate of drug-likeness (QED) is 0.211. The summed E-state index contributed by atoms with van der Waals surface area (Å²) >= 11 is 0. The molecule has 6 nitrogen and oxygen atoms in total. The number of aliphatic carboxylic acids is 1. The smallest absolute Gasteiger partial charge is 0.392 e. The number of rotatable bonds is 9. The highest BCUT2D eigenvalue weighted by molar-refractivity contribution is 5.96.